The SMILES string of the molecule is O=CNC1[C@@H](O)[C@@H](CO)O[C@H]1n1ccc(=O)[nH]c1=O. The molecule has 4 atom stereocenters. The Bertz CT molecular complexity index is 567. The number of hydrogen-bond donors (Lipinski definition) is 4. The van der Waals surface area contributed by atoms with Gasteiger partial charge in [-0.15, -0.1) is 0 Å². The number of amides is 1. The Hall–Kier alpha value is -1.97. The van der Waals surface area contributed by atoms with Crippen LogP contribution in [0.1, 0.15) is 6.23 Å². The number of aromatic nitrogens is 2. The Morgan fingerprint density at radius 3 is 2.84 bits per heavy atom. The van der Waals surface area contributed by atoms with Crippen LogP contribution in [0.5, 0.6) is 0 Å². The lowest BCUT2D eigenvalue weighted by atomic mass is 10.1. The number of aliphatic hydroxyl groups is 2. The Morgan fingerprint density at radius 2 is 2.26 bits per heavy atom. The van der Waals surface area contributed by atoms with E-state index in [-0.39, 0.29) is 0 Å². The summed E-state index contributed by atoms with van der Waals surface area (Å²) in [5, 5.41) is 21.2. The van der Waals surface area contributed by atoms with Crippen LogP contribution in [0.15, 0.2) is 21.9 Å². The summed E-state index contributed by atoms with van der Waals surface area (Å²) in [5.41, 5.74) is -1.31. The van der Waals surface area contributed by atoms with E-state index in [1.165, 1.54) is 6.20 Å². The topological polar surface area (TPSA) is 134 Å². The van der Waals surface area contributed by atoms with Crippen LogP contribution < -0.4 is 16.6 Å². The molecular weight excluding hydrogens is 258 g/mol. The third-order valence-corrected chi connectivity index (χ3v) is 2.94. The fourth-order valence-electron chi connectivity index (χ4n) is 2.02. The second-order valence-corrected chi connectivity index (χ2v) is 4.07. The molecule has 0 spiro atoms. The lowest BCUT2D eigenvalue weighted by molar-refractivity contribution is -0.111. The number of H-pyrrole nitrogens is 1. The van der Waals surface area contributed by atoms with Crippen molar-refractivity contribution in [3.05, 3.63) is 33.1 Å². The molecule has 0 bridgehead atoms. The van der Waals surface area contributed by atoms with E-state index in [2.05, 4.69) is 5.32 Å². The largest absolute Gasteiger partial charge is 0.394 e. The maximum absolute atomic E-state index is 11.6. The first-order chi connectivity index (χ1) is 9.08. The number of ether oxygens (including phenoxy) is 1. The van der Waals surface area contributed by atoms with Crippen molar-refractivity contribution >= 4 is 6.41 Å². The molecule has 1 aliphatic heterocycles. The van der Waals surface area contributed by atoms with Gasteiger partial charge in [-0.1, -0.05) is 0 Å². The first kappa shape index (κ1) is 13.5. The standard InChI is InChI=1S/C10H13N3O6/c14-3-5-8(17)7(11-4-15)9(19-5)13-2-1-6(16)12-10(13)18/h1-2,4-5,7-9,14,17H,3H2,(H,11,15)(H,12,16,18)/t5-,7?,8+,9-/m1/s1. The van der Waals surface area contributed by atoms with Crippen molar-refractivity contribution < 1.29 is 19.7 Å². The van der Waals surface area contributed by atoms with E-state index in [0.29, 0.717) is 6.41 Å². The summed E-state index contributed by atoms with van der Waals surface area (Å²) in [6.45, 7) is -0.465. The second kappa shape index (κ2) is 5.34. The van der Waals surface area contributed by atoms with Crippen molar-refractivity contribution in [3.8, 4) is 0 Å². The highest BCUT2D eigenvalue weighted by Gasteiger charge is 2.44. The zero-order valence-electron chi connectivity index (χ0n) is 9.72. The highest BCUT2D eigenvalue weighted by atomic mass is 16.5. The summed E-state index contributed by atoms with van der Waals surface area (Å²) in [6.07, 6.45) is -1.56. The van der Waals surface area contributed by atoms with Gasteiger partial charge in [0.2, 0.25) is 6.41 Å². The summed E-state index contributed by atoms with van der Waals surface area (Å²) in [4.78, 5) is 35.2. The summed E-state index contributed by atoms with van der Waals surface area (Å²) in [7, 11) is 0. The Labute approximate surface area is 106 Å². The van der Waals surface area contributed by atoms with E-state index < -0.39 is 42.3 Å². The highest BCUT2D eigenvalue weighted by Crippen LogP contribution is 2.27. The van der Waals surface area contributed by atoms with Gasteiger partial charge in [0.05, 0.1) is 6.61 Å². The zero-order valence-corrected chi connectivity index (χ0v) is 9.72. The van der Waals surface area contributed by atoms with Crippen LogP contribution in [-0.2, 0) is 9.53 Å². The lowest BCUT2D eigenvalue weighted by Gasteiger charge is -2.20. The summed E-state index contributed by atoms with van der Waals surface area (Å²) in [5.74, 6) is 0. The third-order valence-electron chi connectivity index (χ3n) is 2.94. The molecule has 0 radical (unpaired) electrons. The molecule has 2 heterocycles. The summed E-state index contributed by atoms with van der Waals surface area (Å²) < 4.78 is 6.34. The van der Waals surface area contributed by atoms with Crippen molar-refractivity contribution in [1.82, 2.24) is 14.9 Å². The fourth-order valence-corrected chi connectivity index (χ4v) is 2.02. The molecule has 1 unspecified atom stereocenters. The fraction of sp³-hybridized carbons (Fsp3) is 0.500. The van der Waals surface area contributed by atoms with Crippen molar-refractivity contribution in [1.29, 1.82) is 0 Å². The number of carbonyl (C=O) groups excluding carboxylic acids is 1. The smallest absolute Gasteiger partial charge is 0.330 e. The van der Waals surface area contributed by atoms with Gasteiger partial charge in [0.15, 0.2) is 6.23 Å². The van der Waals surface area contributed by atoms with E-state index in [4.69, 9.17) is 9.84 Å². The molecular formula is C10H13N3O6. The van der Waals surface area contributed by atoms with Gasteiger partial charge in [-0.05, 0) is 0 Å². The molecule has 0 saturated carbocycles. The molecule has 1 aromatic heterocycles. The molecule has 104 valence electrons. The van der Waals surface area contributed by atoms with E-state index in [1.54, 1.807) is 0 Å². The molecule has 1 aromatic rings. The average molecular weight is 271 g/mol. The minimum absolute atomic E-state index is 0.362. The van der Waals surface area contributed by atoms with E-state index in [9.17, 15) is 19.5 Å². The minimum Gasteiger partial charge on any atom is -0.394 e. The molecule has 4 N–H and O–H groups in total. The van der Waals surface area contributed by atoms with Gasteiger partial charge < -0.3 is 20.3 Å². The van der Waals surface area contributed by atoms with Gasteiger partial charge in [-0.25, -0.2) is 4.79 Å². The Kier molecular flexibility index (Phi) is 3.79. The predicted molar refractivity (Wildman–Crippen MR) is 61.3 cm³/mol. The number of rotatable bonds is 4. The number of hydrogen-bond acceptors (Lipinski definition) is 6. The van der Waals surface area contributed by atoms with Crippen LogP contribution in [0.2, 0.25) is 0 Å². The monoisotopic (exact) mass is 271 g/mol. The van der Waals surface area contributed by atoms with Crippen molar-refractivity contribution in [2.45, 2.75) is 24.5 Å². The van der Waals surface area contributed by atoms with Crippen LogP contribution in [-0.4, -0.2) is 51.0 Å². The molecule has 0 aromatic carbocycles. The Morgan fingerprint density at radius 1 is 1.53 bits per heavy atom. The molecule has 2 rings (SSSR count). The van der Waals surface area contributed by atoms with E-state index in [0.717, 1.165) is 10.6 Å². The van der Waals surface area contributed by atoms with E-state index >= 15 is 0 Å². The zero-order chi connectivity index (χ0) is 14.0. The van der Waals surface area contributed by atoms with Crippen LogP contribution in [0.25, 0.3) is 0 Å². The number of aromatic amines is 1. The van der Waals surface area contributed by atoms with Crippen LogP contribution in [0.3, 0.4) is 0 Å². The molecule has 9 heteroatoms. The number of nitrogens with one attached hydrogen (secondary N) is 2. The van der Waals surface area contributed by atoms with Gasteiger partial charge in [0.1, 0.15) is 18.2 Å². The lowest BCUT2D eigenvalue weighted by Crippen LogP contribution is -2.45. The van der Waals surface area contributed by atoms with Gasteiger partial charge in [0.25, 0.3) is 5.56 Å². The normalized spacial score (nSPS) is 30.2. The summed E-state index contributed by atoms with van der Waals surface area (Å²) >= 11 is 0. The van der Waals surface area contributed by atoms with Gasteiger partial charge in [-0.2, -0.15) is 0 Å². The highest BCUT2D eigenvalue weighted by molar-refractivity contribution is 5.47. The molecule has 1 fully saturated rings. The molecule has 1 amide bonds. The third kappa shape index (κ3) is 2.43. The van der Waals surface area contributed by atoms with Gasteiger partial charge in [0, 0.05) is 12.3 Å². The first-order valence-electron chi connectivity index (χ1n) is 5.54. The van der Waals surface area contributed by atoms with Crippen LogP contribution in [0, 0.1) is 0 Å². The van der Waals surface area contributed by atoms with Crippen molar-refractivity contribution in [2.24, 2.45) is 0 Å². The molecule has 19 heavy (non-hydrogen) atoms. The van der Waals surface area contributed by atoms with E-state index in [1.807, 2.05) is 4.98 Å². The van der Waals surface area contributed by atoms with Crippen LogP contribution in [0.4, 0.5) is 0 Å². The van der Waals surface area contributed by atoms with Crippen LogP contribution >= 0.6 is 0 Å². The second-order valence-electron chi connectivity index (χ2n) is 4.07. The van der Waals surface area contributed by atoms with Crippen molar-refractivity contribution in [2.75, 3.05) is 6.61 Å². The molecule has 1 saturated heterocycles. The van der Waals surface area contributed by atoms with Gasteiger partial charge in [-0.3, -0.25) is 19.1 Å². The number of nitrogens with zero attached hydrogens (tertiary/aromatic N) is 1. The molecule has 9 nitrogen and oxygen atoms in total. The minimum atomic E-state index is -1.17. The number of aliphatic hydroxyl groups excluding tert-OH is 2. The average Bonchev–Trinajstić information content (AvgIpc) is 2.68. The maximum Gasteiger partial charge on any atom is 0.330 e. The van der Waals surface area contributed by atoms with Gasteiger partial charge >= 0.3 is 5.69 Å². The maximum atomic E-state index is 11.6. The predicted octanol–water partition coefficient (Wildman–Crippen LogP) is -3.10. The Balaban J connectivity index is 2.38. The first-order valence-corrected chi connectivity index (χ1v) is 5.54. The molecule has 0 aliphatic carbocycles. The quantitative estimate of drug-likeness (QED) is 0.429. The number of carbonyl (C=O) groups is 1. The van der Waals surface area contributed by atoms with Crippen molar-refractivity contribution in [3.63, 3.8) is 0 Å². The molecule has 1 aliphatic rings. The summed E-state index contributed by atoms with van der Waals surface area (Å²) in [6, 6.07) is 0.208.